The minimum absolute atomic E-state index is 0.00754. The molecule has 26 heavy (non-hydrogen) atoms. The first kappa shape index (κ1) is 18.4. The standard InChI is InChI=1S/C21H27N3O2/c1-3-14(2)21(26)24-20-18(12-15-6-4-5-7-15)23-19(13-22-20)16-8-10-17(25)11-9-16/h8-11,13-15,25H,3-7,12H2,1-2H3,(H,22,24,26)/t14-/m0/s1. The molecule has 0 aliphatic heterocycles. The smallest absolute Gasteiger partial charge is 0.228 e. The number of anilines is 1. The van der Waals surface area contributed by atoms with Gasteiger partial charge in [0.2, 0.25) is 5.91 Å². The molecular formula is C21H27N3O2. The van der Waals surface area contributed by atoms with Crippen molar-refractivity contribution >= 4 is 11.7 Å². The maximum atomic E-state index is 12.3. The fourth-order valence-corrected chi connectivity index (χ4v) is 3.36. The van der Waals surface area contributed by atoms with E-state index in [2.05, 4.69) is 10.3 Å². The molecule has 1 aromatic carbocycles. The molecule has 2 N–H and O–H groups in total. The second-order valence-electron chi connectivity index (χ2n) is 7.25. The highest BCUT2D eigenvalue weighted by molar-refractivity contribution is 5.91. The van der Waals surface area contributed by atoms with E-state index < -0.39 is 0 Å². The van der Waals surface area contributed by atoms with E-state index in [1.54, 1.807) is 18.3 Å². The lowest BCUT2D eigenvalue weighted by molar-refractivity contribution is -0.119. The third-order valence-electron chi connectivity index (χ3n) is 5.27. The fraction of sp³-hybridized carbons (Fsp3) is 0.476. The van der Waals surface area contributed by atoms with E-state index in [0.717, 1.165) is 29.8 Å². The number of hydrogen-bond acceptors (Lipinski definition) is 4. The predicted octanol–water partition coefficient (Wildman–Crippen LogP) is 4.57. The van der Waals surface area contributed by atoms with Crippen LogP contribution >= 0.6 is 0 Å². The van der Waals surface area contributed by atoms with Crippen LogP contribution in [0.25, 0.3) is 11.3 Å². The Morgan fingerprint density at radius 3 is 2.62 bits per heavy atom. The fourth-order valence-electron chi connectivity index (χ4n) is 3.36. The molecule has 1 amide bonds. The van der Waals surface area contributed by atoms with Gasteiger partial charge in [-0.3, -0.25) is 4.79 Å². The minimum atomic E-state index is -0.0482. The van der Waals surface area contributed by atoms with Crippen molar-refractivity contribution in [3.63, 3.8) is 0 Å². The van der Waals surface area contributed by atoms with Gasteiger partial charge < -0.3 is 10.4 Å². The Balaban J connectivity index is 1.89. The molecule has 0 spiro atoms. The minimum Gasteiger partial charge on any atom is -0.508 e. The Morgan fingerprint density at radius 2 is 1.96 bits per heavy atom. The molecule has 5 nitrogen and oxygen atoms in total. The van der Waals surface area contributed by atoms with Crippen LogP contribution in [-0.2, 0) is 11.2 Å². The number of amides is 1. The van der Waals surface area contributed by atoms with Crippen molar-refractivity contribution in [2.75, 3.05) is 5.32 Å². The number of hydrogen-bond donors (Lipinski definition) is 2. The summed E-state index contributed by atoms with van der Waals surface area (Å²) in [4.78, 5) is 21.7. The Kier molecular flexibility index (Phi) is 5.86. The summed E-state index contributed by atoms with van der Waals surface area (Å²) < 4.78 is 0. The van der Waals surface area contributed by atoms with Gasteiger partial charge in [0.1, 0.15) is 5.75 Å². The number of aromatic hydroxyl groups is 1. The van der Waals surface area contributed by atoms with E-state index in [0.29, 0.717) is 11.7 Å². The Bertz CT molecular complexity index is 752. The van der Waals surface area contributed by atoms with E-state index >= 15 is 0 Å². The van der Waals surface area contributed by atoms with Gasteiger partial charge in [0.15, 0.2) is 5.82 Å². The summed E-state index contributed by atoms with van der Waals surface area (Å²) in [7, 11) is 0. The molecule has 1 aromatic heterocycles. The summed E-state index contributed by atoms with van der Waals surface area (Å²) in [6.45, 7) is 3.92. The summed E-state index contributed by atoms with van der Waals surface area (Å²) in [5, 5.41) is 12.5. The van der Waals surface area contributed by atoms with Crippen LogP contribution in [0.2, 0.25) is 0 Å². The van der Waals surface area contributed by atoms with Crippen LogP contribution in [0.5, 0.6) is 5.75 Å². The van der Waals surface area contributed by atoms with Crippen molar-refractivity contribution in [3.05, 3.63) is 36.2 Å². The average Bonchev–Trinajstić information content (AvgIpc) is 3.16. The van der Waals surface area contributed by atoms with Gasteiger partial charge in [-0.15, -0.1) is 0 Å². The first-order valence-electron chi connectivity index (χ1n) is 9.53. The SMILES string of the molecule is CC[C@H](C)C(=O)Nc1ncc(-c2ccc(O)cc2)nc1CC1CCCC1. The molecule has 1 saturated carbocycles. The molecule has 0 saturated heterocycles. The Labute approximate surface area is 154 Å². The van der Waals surface area contributed by atoms with Crippen LogP contribution in [0.4, 0.5) is 5.82 Å². The molecule has 1 fully saturated rings. The highest BCUT2D eigenvalue weighted by Crippen LogP contribution is 2.30. The van der Waals surface area contributed by atoms with Gasteiger partial charge >= 0.3 is 0 Å². The number of phenols is 1. The average molecular weight is 353 g/mol. The van der Waals surface area contributed by atoms with E-state index in [1.807, 2.05) is 26.0 Å². The van der Waals surface area contributed by atoms with Gasteiger partial charge in [0.05, 0.1) is 17.6 Å². The quantitative estimate of drug-likeness (QED) is 0.798. The van der Waals surface area contributed by atoms with Crippen LogP contribution in [0.3, 0.4) is 0 Å². The number of nitrogens with zero attached hydrogens (tertiary/aromatic N) is 2. The van der Waals surface area contributed by atoms with Gasteiger partial charge in [-0.25, -0.2) is 9.97 Å². The summed E-state index contributed by atoms with van der Waals surface area (Å²) >= 11 is 0. The maximum absolute atomic E-state index is 12.3. The molecule has 138 valence electrons. The third kappa shape index (κ3) is 4.40. The van der Waals surface area contributed by atoms with Gasteiger partial charge in [-0.1, -0.05) is 39.5 Å². The van der Waals surface area contributed by atoms with Crippen LogP contribution in [-0.4, -0.2) is 21.0 Å². The molecule has 1 aliphatic carbocycles. The van der Waals surface area contributed by atoms with E-state index in [-0.39, 0.29) is 17.6 Å². The molecule has 1 aliphatic rings. The summed E-state index contributed by atoms with van der Waals surface area (Å²) in [6.07, 6.45) is 8.29. The first-order valence-corrected chi connectivity index (χ1v) is 9.53. The summed E-state index contributed by atoms with van der Waals surface area (Å²) in [5.74, 6) is 1.37. The van der Waals surface area contributed by atoms with Gasteiger partial charge in [-0.2, -0.15) is 0 Å². The number of carbonyl (C=O) groups is 1. The Morgan fingerprint density at radius 1 is 1.27 bits per heavy atom. The van der Waals surface area contributed by atoms with Crippen LogP contribution < -0.4 is 5.32 Å². The zero-order valence-corrected chi connectivity index (χ0v) is 15.5. The number of benzene rings is 1. The van der Waals surface area contributed by atoms with E-state index in [1.165, 1.54) is 25.7 Å². The van der Waals surface area contributed by atoms with Crippen molar-refractivity contribution in [1.29, 1.82) is 0 Å². The third-order valence-corrected chi connectivity index (χ3v) is 5.27. The molecule has 0 radical (unpaired) electrons. The van der Waals surface area contributed by atoms with Gasteiger partial charge in [0.25, 0.3) is 0 Å². The molecule has 5 heteroatoms. The van der Waals surface area contributed by atoms with Crippen molar-refractivity contribution in [1.82, 2.24) is 9.97 Å². The zero-order chi connectivity index (χ0) is 18.5. The van der Waals surface area contributed by atoms with Crippen molar-refractivity contribution in [2.45, 2.75) is 52.4 Å². The zero-order valence-electron chi connectivity index (χ0n) is 15.5. The molecule has 3 rings (SSSR count). The number of nitrogens with one attached hydrogen (secondary N) is 1. The monoisotopic (exact) mass is 353 g/mol. The first-order chi connectivity index (χ1) is 12.6. The molecule has 0 unspecified atom stereocenters. The van der Waals surface area contributed by atoms with E-state index in [9.17, 15) is 9.90 Å². The van der Waals surface area contributed by atoms with Crippen molar-refractivity contribution < 1.29 is 9.90 Å². The number of rotatable bonds is 6. The normalized spacial score (nSPS) is 15.8. The molecule has 1 atom stereocenters. The van der Waals surface area contributed by atoms with E-state index in [4.69, 9.17) is 4.98 Å². The van der Waals surface area contributed by atoms with Crippen LogP contribution in [0.15, 0.2) is 30.5 Å². The number of phenolic OH excluding ortho intramolecular Hbond substituents is 1. The number of carbonyl (C=O) groups excluding carboxylic acids is 1. The molecule has 2 aromatic rings. The van der Waals surface area contributed by atoms with Crippen molar-refractivity contribution in [3.8, 4) is 17.0 Å². The number of aromatic nitrogens is 2. The van der Waals surface area contributed by atoms with Gasteiger partial charge in [0, 0.05) is 11.5 Å². The van der Waals surface area contributed by atoms with Crippen LogP contribution in [0.1, 0.15) is 51.6 Å². The summed E-state index contributed by atoms with van der Waals surface area (Å²) in [6, 6.07) is 6.95. The highest BCUT2D eigenvalue weighted by atomic mass is 16.3. The Hall–Kier alpha value is -2.43. The highest BCUT2D eigenvalue weighted by Gasteiger charge is 2.21. The molecule has 0 bridgehead atoms. The lowest BCUT2D eigenvalue weighted by atomic mass is 10.0. The summed E-state index contributed by atoms with van der Waals surface area (Å²) in [5.41, 5.74) is 2.53. The van der Waals surface area contributed by atoms with Gasteiger partial charge in [-0.05, 0) is 43.0 Å². The molecule has 1 heterocycles. The lowest BCUT2D eigenvalue weighted by Gasteiger charge is -2.16. The maximum Gasteiger partial charge on any atom is 0.228 e. The lowest BCUT2D eigenvalue weighted by Crippen LogP contribution is -2.22. The largest absolute Gasteiger partial charge is 0.508 e. The van der Waals surface area contributed by atoms with Crippen molar-refractivity contribution in [2.24, 2.45) is 11.8 Å². The van der Waals surface area contributed by atoms with Crippen LogP contribution in [0, 0.1) is 11.8 Å². The second-order valence-corrected chi connectivity index (χ2v) is 7.25. The molecular weight excluding hydrogens is 326 g/mol. The predicted molar refractivity (Wildman–Crippen MR) is 103 cm³/mol. The second kappa shape index (κ2) is 8.30. The topological polar surface area (TPSA) is 75.1 Å².